The van der Waals surface area contributed by atoms with Gasteiger partial charge in [-0.1, -0.05) is 60.7 Å². The molecule has 8 N–H and O–H groups in total. The third-order valence-corrected chi connectivity index (χ3v) is 16.4. The molecule has 2 aromatic carbocycles. The van der Waals surface area contributed by atoms with Crippen molar-refractivity contribution in [2.24, 2.45) is 5.73 Å². The molecule has 0 bridgehead atoms. The van der Waals surface area contributed by atoms with Gasteiger partial charge in [0.2, 0.25) is 28.8 Å². The summed E-state index contributed by atoms with van der Waals surface area (Å²) in [6.07, 6.45) is 3.02. The van der Waals surface area contributed by atoms with Crippen LogP contribution in [0.15, 0.2) is 114 Å². The van der Waals surface area contributed by atoms with Gasteiger partial charge in [-0.3, -0.25) is 53.8 Å². The quantitative estimate of drug-likeness (QED) is 0.0663. The molecule has 8 atom stereocenters. The van der Waals surface area contributed by atoms with Crippen molar-refractivity contribution in [3.05, 3.63) is 183 Å². The Hall–Kier alpha value is -12.9. The first kappa shape index (κ1) is 85.3. The van der Waals surface area contributed by atoms with Gasteiger partial charge in [-0.05, 0) is 121 Å². The van der Waals surface area contributed by atoms with E-state index < -0.39 is 89.8 Å². The highest BCUT2D eigenvalue weighted by Gasteiger charge is 2.41. The Bertz CT molecular complexity index is 4850. The summed E-state index contributed by atoms with van der Waals surface area (Å²) < 4.78 is 34.1. The van der Waals surface area contributed by atoms with Gasteiger partial charge in [0, 0.05) is 70.3 Å². The number of nitrogens with zero attached hydrogens (tertiary/aromatic N) is 15. The van der Waals surface area contributed by atoms with Crippen molar-refractivity contribution in [1.29, 1.82) is 0 Å². The Morgan fingerprint density at radius 1 is 0.523 bits per heavy atom. The summed E-state index contributed by atoms with van der Waals surface area (Å²) >= 11 is 3.32. The standard InChI is InChI=1S/C21H19N7O3.C16H20N4O4.C15H20BrN3O4.C11H12N4O2.C10H9N3O2.ClH/c1-12-17(21(30)28(3)19-15(31-12)10-14(22-2)11-23-19)25-20(29)18-24-16(26-27-18)9-13-7-5-4-6-8-13;1-9-12(19-15(22)24-16(2,3)4)14(21)20(6)13-11(23-9)7-10(17-5)8-18-13;1-8-11(18-14(21)23-15(2,3)4)13(20)19(5)12-10(22-8)6-9(16)7-17-12;1-6-9(12)11(16)15(3)10-8(17-6)4-7(13-2)5-14-10;14-10(15)9-11-8(12-13-9)6-7-4-2-1-3-5-7;/h4-8,10-12,17H,9H2,1,3H3,(H,25,29)(H,24,26,27);7-9,12H,1-4,6H3,(H,19,22);6-8,11H,1-5H3,(H,18,21);4-6,9H,12H2,1,3H3;1-5H,6H2,(H,14,15)(H,11,12,13);1H/t12-,17+;9-,12+;8-,11+;6-,9+;;/m1111../s1. The molecular formula is C73H81BrClN21O15. The first-order valence-electron chi connectivity index (χ1n) is 33.7. The number of nitrogens with two attached hydrogens (primary N) is 1. The van der Waals surface area contributed by atoms with E-state index in [9.17, 15) is 38.4 Å². The van der Waals surface area contributed by atoms with Crippen molar-refractivity contribution < 1.29 is 71.9 Å². The second kappa shape index (κ2) is 37.3. The number of carbonyl (C=O) groups is 8. The maximum Gasteiger partial charge on any atom is 0.408 e. The van der Waals surface area contributed by atoms with E-state index in [1.807, 2.05) is 60.7 Å². The molecular weight excluding hydrogens is 1530 g/mol. The van der Waals surface area contributed by atoms with Crippen LogP contribution in [0, 0.1) is 19.7 Å². The molecule has 7 amide bonds. The van der Waals surface area contributed by atoms with Crippen LogP contribution in [-0.2, 0) is 41.5 Å². The number of aromatic amines is 2. The molecule has 582 valence electrons. The van der Waals surface area contributed by atoms with Gasteiger partial charge in [0.15, 0.2) is 46.3 Å². The van der Waals surface area contributed by atoms with Gasteiger partial charge < -0.3 is 55.2 Å². The number of halogens is 2. The van der Waals surface area contributed by atoms with E-state index in [4.69, 9.17) is 59.0 Å². The van der Waals surface area contributed by atoms with Crippen LogP contribution >= 0.6 is 28.3 Å². The first-order valence-corrected chi connectivity index (χ1v) is 34.5. The number of rotatable bonds is 9. The molecule has 0 unspecified atom stereocenters. The summed E-state index contributed by atoms with van der Waals surface area (Å²) in [7, 11) is 6.26. The minimum atomic E-state index is -1.12. The molecule has 12 rings (SSSR count). The largest absolute Gasteiger partial charge is 0.486 e. The summed E-state index contributed by atoms with van der Waals surface area (Å²) in [5.41, 5.74) is 7.48. The minimum Gasteiger partial charge on any atom is -0.486 e. The molecule has 10 heterocycles. The Morgan fingerprint density at radius 3 is 1.20 bits per heavy atom. The molecule has 0 saturated heterocycles. The van der Waals surface area contributed by atoms with E-state index in [1.165, 1.54) is 64.4 Å². The topological polar surface area (TPSA) is 435 Å². The highest BCUT2D eigenvalue weighted by molar-refractivity contribution is 9.10. The van der Waals surface area contributed by atoms with Crippen LogP contribution in [0.2, 0.25) is 0 Å². The number of amides is 7. The number of pyridine rings is 4. The minimum absolute atomic E-state index is 0. The van der Waals surface area contributed by atoms with E-state index in [0.717, 1.165) is 15.6 Å². The number of benzene rings is 2. The van der Waals surface area contributed by atoms with Crippen LogP contribution < -0.4 is 60.2 Å². The number of aromatic nitrogens is 10. The lowest BCUT2D eigenvalue weighted by atomic mass is 10.1. The van der Waals surface area contributed by atoms with Crippen LogP contribution in [-0.4, -0.2) is 191 Å². The number of anilines is 4. The number of hydrogen-bond donors (Lipinski definition) is 7. The van der Waals surface area contributed by atoms with E-state index in [-0.39, 0.29) is 47.6 Å². The lowest BCUT2D eigenvalue weighted by molar-refractivity contribution is -0.122. The number of carboxylic acid groups (broad SMARTS) is 1. The molecule has 6 aromatic heterocycles. The fraction of sp³-hybridized carbons (Fsp3) is 0.356. The van der Waals surface area contributed by atoms with Gasteiger partial charge in [0.25, 0.3) is 29.5 Å². The highest BCUT2D eigenvalue weighted by Crippen LogP contribution is 2.37. The number of hydrogen-bond acceptors (Lipinski definition) is 23. The van der Waals surface area contributed by atoms with Crippen molar-refractivity contribution >= 4 is 116 Å². The number of carbonyl (C=O) groups excluding carboxylic acids is 7. The lowest BCUT2D eigenvalue weighted by Crippen LogP contribution is -2.54. The molecule has 8 aromatic rings. The second-order valence-electron chi connectivity index (χ2n) is 26.8. The number of H-pyrrole nitrogens is 2. The van der Waals surface area contributed by atoms with E-state index in [0.29, 0.717) is 82.0 Å². The van der Waals surface area contributed by atoms with Crippen LogP contribution in [0.3, 0.4) is 0 Å². The fourth-order valence-electron chi connectivity index (χ4n) is 10.5. The molecule has 0 aliphatic carbocycles. The molecule has 4 aliphatic heterocycles. The summed E-state index contributed by atoms with van der Waals surface area (Å²) in [5.74, 6) is 0.634. The van der Waals surface area contributed by atoms with Crippen LogP contribution in [0.5, 0.6) is 23.0 Å². The van der Waals surface area contributed by atoms with E-state index >= 15 is 0 Å². The zero-order valence-electron chi connectivity index (χ0n) is 62.7. The van der Waals surface area contributed by atoms with Crippen molar-refractivity contribution in [3.63, 3.8) is 0 Å². The average Bonchev–Trinajstić information content (AvgIpc) is 1.70. The number of carboxylic acids is 1. The number of alkyl carbamates (subject to hydrolysis) is 2. The van der Waals surface area contributed by atoms with Crippen molar-refractivity contribution in [1.82, 2.24) is 66.2 Å². The Morgan fingerprint density at radius 2 is 0.847 bits per heavy atom. The van der Waals surface area contributed by atoms with Crippen molar-refractivity contribution in [3.8, 4) is 23.0 Å². The number of aromatic carboxylic acids is 1. The van der Waals surface area contributed by atoms with Crippen molar-refractivity contribution in [2.75, 3.05) is 47.8 Å². The van der Waals surface area contributed by atoms with Gasteiger partial charge in [-0.2, -0.15) is 0 Å². The SMILES string of the molecule is C[C@H]1Oc2cc(Br)cnc2N(C)C(=O)[C@H]1NC(=O)OC(C)(C)C.Cl.O=C(O)c1n[nH]c(Cc2ccccc2)n1.[C-]#[N+]c1cnc2c(c1)O[C@H](C)[C@H](N)C(=O)N2C.[C-]#[N+]c1cnc2c(c1)O[C@H](C)[C@H](NC(=O)OC(C)(C)C)C(=O)N2C.[C-]#[N+]c1cnc2c(c1)O[C@H](C)[C@H](NC(=O)c1n[nH]c(Cc3ccccc3)n1)C(=O)N2C. The molecule has 38 heteroatoms. The molecule has 0 spiro atoms. The maximum absolute atomic E-state index is 13.0. The summed E-state index contributed by atoms with van der Waals surface area (Å²) in [6.45, 7) is 38.3. The molecule has 0 fully saturated rings. The summed E-state index contributed by atoms with van der Waals surface area (Å²) in [4.78, 5) is 137. The summed E-state index contributed by atoms with van der Waals surface area (Å²) in [6, 6.07) is 22.1. The van der Waals surface area contributed by atoms with Gasteiger partial charge in [0.1, 0.15) is 71.4 Å². The van der Waals surface area contributed by atoms with Crippen LogP contribution in [0.4, 0.5) is 49.9 Å². The number of likely N-dealkylation sites (N-methyl/N-ethyl adjacent to an activating group) is 4. The number of fused-ring (bicyclic) bond motifs is 4. The molecule has 0 saturated carbocycles. The third-order valence-electron chi connectivity index (χ3n) is 16.0. The highest BCUT2D eigenvalue weighted by atomic mass is 79.9. The lowest BCUT2D eigenvalue weighted by Gasteiger charge is -2.26. The maximum atomic E-state index is 13.0. The van der Waals surface area contributed by atoms with E-state index in [2.05, 4.69) is 96.7 Å². The first-order chi connectivity index (χ1) is 52.0. The predicted octanol–water partition coefficient (Wildman–Crippen LogP) is 8.85. The fourth-order valence-corrected chi connectivity index (χ4v) is 10.8. The molecule has 111 heavy (non-hydrogen) atoms. The third kappa shape index (κ3) is 22.6. The van der Waals surface area contributed by atoms with Gasteiger partial charge in [-0.15, -0.1) is 22.6 Å². The average molecular weight is 1610 g/mol. The normalized spacial score (nSPS) is 18.7. The smallest absolute Gasteiger partial charge is 0.408 e. The molecule has 4 aliphatic rings. The molecule has 0 radical (unpaired) electrons. The second-order valence-corrected chi connectivity index (χ2v) is 27.7. The van der Waals surface area contributed by atoms with Crippen LogP contribution in [0.25, 0.3) is 14.5 Å². The van der Waals surface area contributed by atoms with E-state index in [1.54, 1.807) is 102 Å². The summed E-state index contributed by atoms with van der Waals surface area (Å²) in [5, 5.41) is 29.3. The van der Waals surface area contributed by atoms with Gasteiger partial charge >= 0.3 is 18.2 Å². The van der Waals surface area contributed by atoms with Gasteiger partial charge in [-0.25, -0.2) is 58.8 Å². The van der Waals surface area contributed by atoms with Gasteiger partial charge in [0.05, 0.1) is 19.7 Å². The number of ether oxygens (including phenoxy) is 6. The van der Waals surface area contributed by atoms with Crippen molar-refractivity contribution in [2.45, 2.75) is 142 Å². The predicted molar refractivity (Wildman–Crippen MR) is 408 cm³/mol. The number of nitrogens with one attached hydrogen (secondary N) is 5. The zero-order chi connectivity index (χ0) is 80.6. The zero-order valence-corrected chi connectivity index (χ0v) is 65.1. The molecule has 36 nitrogen and oxygen atoms in total. The monoisotopic (exact) mass is 1610 g/mol. The van der Waals surface area contributed by atoms with Crippen LogP contribution in [0.1, 0.15) is 113 Å². The Balaban J connectivity index is 0.000000196. The Labute approximate surface area is 652 Å². The Kier molecular flexibility index (Phi) is 28.6.